The Morgan fingerprint density at radius 2 is 2.00 bits per heavy atom. The van der Waals surface area contributed by atoms with Crippen LogP contribution in [0.2, 0.25) is 0 Å². The summed E-state index contributed by atoms with van der Waals surface area (Å²) >= 11 is 0. The van der Waals surface area contributed by atoms with Crippen LogP contribution >= 0.6 is 0 Å². The van der Waals surface area contributed by atoms with Gasteiger partial charge in [-0.15, -0.1) is 0 Å². The molecule has 7 heteroatoms. The molecular weight excluding hydrogens is 376 g/mol. The minimum atomic E-state index is -0.0467. The first-order valence-corrected chi connectivity index (χ1v) is 10.3. The summed E-state index contributed by atoms with van der Waals surface area (Å²) in [6.45, 7) is 13.5. The molecule has 0 aromatic carbocycles. The van der Waals surface area contributed by atoms with Crippen molar-refractivity contribution >= 4 is 17.3 Å². The summed E-state index contributed by atoms with van der Waals surface area (Å²) in [6.07, 6.45) is 5.40. The normalized spacial score (nSPS) is 16.8. The highest BCUT2D eigenvalue weighted by Gasteiger charge is 2.38. The minimum absolute atomic E-state index is 0.0149. The molecule has 0 aliphatic carbocycles. The SMILES string of the molecule is CC(C)(C)c1cc(N2CN(Cc3ccnc(Nc4cccnc4)c3)C(C)(C)C2)no1. The van der Waals surface area contributed by atoms with E-state index in [-0.39, 0.29) is 11.0 Å². The van der Waals surface area contributed by atoms with Gasteiger partial charge in [0.25, 0.3) is 0 Å². The number of anilines is 3. The molecule has 3 aromatic rings. The lowest BCUT2D eigenvalue weighted by molar-refractivity contribution is 0.175. The van der Waals surface area contributed by atoms with E-state index in [2.05, 4.69) is 83.1 Å². The average molecular weight is 407 g/mol. The van der Waals surface area contributed by atoms with Gasteiger partial charge in [0.05, 0.1) is 18.6 Å². The maximum absolute atomic E-state index is 5.60. The number of rotatable bonds is 5. The molecule has 158 valence electrons. The topological polar surface area (TPSA) is 70.3 Å². The van der Waals surface area contributed by atoms with Gasteiger partial charge in [0.15, 0.2) is 5.82 Å². The number of aromatic nitrogens is 3. The number of hydrogen-bond acceptors (Lipinski definition) is 7. The molecule has 7 nitrogen and oxygen atoms in total. The first-order chi connectivity index (χ1) is 14.2. The van der Waals surface area contributed by atoms with Gasteiger partial charge >= 0.3 is 0 Å². The summed E-state index contributed by atoms with van der Waals surface area (Å²) in [7, 11) is 0. The molecule has 4 rings (SSSR count). The van der Waals surface area contributed by atoms with E-state index >= 15 is 0 Å². The van der Waals surface area contributed by atoms with Gasteiger partial charge < -0.3 is 14.7 Å². The summed E-state index contributed by atoms with van der Waals surface area (Å²) in [5, 5.41) is 7.65. The molecule has 0 unspecified atom stereocenters. The van der Waals surface area contributed by atoms with Crippen molar-refractivity contribution in [2.45, 2.75) is 52.1 Å². The van der Waals surface area contributed by atoms with Crippen molar-refractivity contribution in [2.75, 3.05) is 23.4 Å². The molecule has 1 aliphatic heterocycles. The Morgan fingerprint density at radius 1 is 1.17 bits per heavy atom. The molecule has 30 heavy (non-hydrogen) atoms. The van der Waals surface area contributed by atoms with Crippen molar-refractivity contribution in [3.8, 4) is 0 Å². The first kappa shape index (κ1) is 20.3. The van der Waals surface area contributed by atoms with E-state index < -0.39 is 0 Å². The predicted octanol–water partition coefficient (Wildman–Crippen LogP) is 4.56. The zero-order valence-electron chi connectivity index (χ0n) is 18.4. The number of nitrogens with one attached hydrogen (secondary N) is 1. The maximum atomic E-state index is 5.60. The summed E-state index contributed by atoms with van der Waals surface area (Å²) in [4.78, 5) is 13.3. The Morgan fingerprint density at radius 3 is 2.70 bits per heavy atom. The highest BCUT2D eigenvalue weighted by atomic mass is 16.5. The van der Waals surface area contributed by atoms with Gasteiger partial charge in [-0.3, -0.25) is 9.88 Å². The molecule has 0 amide bonds. The van der Waals surface area contributed by atoms with Crippen LogP contribution < -0.4 is 10.2 Å². The quantitative estimate of drug-likeness (QED) is 0.666. The van der Waals surface area contributed by atoms with E-state index in [1.807, 2.05) is 18.3 Å². The second kappa shape index (κ2) is 7.72. The Hall–Kier alpha value is -2.93. The van der Waals surface area contributed by atoms with Gasteiger partial charge in [-0.2, -0.15) is 0 Å². The van der Waals surface area contributed by atoms with E-state index in [9.17, 15) is 0 Å². The Bertz CT molecular complexity index is 992. The lowest BCUT2D eigenvalue weighted by atomic mass is 9.93. The van der Waals surface area contributed by atoms with Gasteiger partial charge in [0.2, 0.25) is 0 Å². The smallest absolute Gasteiger partial charge is 0.173 e. The monoisotopic (exact) mass is 406 g/mol. The second-order valence-electron chi connectivity index (χ2n) is 9.57. The fourth-order valence-corrected chi connectivity index (χ4v) is 3.65. The molecule has 0 spiro atoms. The third kappa shape index (κ3) is 4.46. The molecule has 1 aliphatic rings. The van der Waals surface area contributed by atoms with Crippen molar-refractivity contribution in [1.82, 2.24) is 20.0 Å². The molecule has 0 atom stereocenters. The molecular formula is C23H30N6O. The molecule has 1 fully saturated rings. The highest BCUT2D eigenvalue weighted by molar-refractivity contribution is 5.55. The average Bonchev–Trinajstić information content (AvgIpc) is 3.28. The largest absolute Gasteiger partial charge is 0.359 e. The Kier molecular flexibility index (Phi) is 5.24. The number of nitrogens with zero attached hydrogens (tertiary/aromatic N) is 5. The number of hydrogen-bond donors (Lipinski definition) is 1. The lowest BCUT2D eigenvalue weighted by Gasteiger charge is -2.29. The fourth-order valence-electron chi connectivity index (χ4n) is 3.65. The van der Waals surface area contributed by atoms with Crippen LogP contribution in [-0.2, 0) is 12.0 Å². The predicted molar refractivity (Wildman–Crippen MR) is 119 cm³/mol. The van der Waals surface area contributed by atoms with E-state index in [0.717, 1.165) is 42.8 Å². The van der Waals surface area contributed by atoms with E-state index in [0.29, 0.717) is 0 Å². The van der Waals surface area contributed by atoms with Crippen molar-refractivity contribution < 1.29 is 4.52 Å². The Labute approximate surface area is 178 Å². The zero-order valence-corrected chi connectivity index (χ0v) is 18.4. The summed E-state index contributed by atoms with van der Waals surface area (Å²) < 4.78 is 5.60. The van der Waals surface area contributed by atoms with Crippen molar-refractivity contribution in [3.05, 3.63) is 60.2 Å². The Balaban J connectivity index is 1.47. The minimum Gasteiger partial charge on any atom is -0.359 e. The van der Waals surface area contributed by atoms with Crippen LogP contribution in [0.5, 0.6) is 0 Å². The van der Waals surface area contributed by atoms with Gasteiger partial charge in [0, 0.05) is 42.5 Å². The van der Waals surface area contributed by atoms with Crippen LogP contribution in [0.3, 0.4) is 0 Å². The molecule has 3 aromatic heterocycles. The van der Waals surface area contributed by atoms with Crippen LogP contribution in [-0.4, -0.2) is 38.8 Å². The van der Waals surface area contributed by atoms with Crippen molar-refractivity contribution in [3.63, 3.8) is 0 Å². The highest BCUT2D eigenvalue weighted by Crippen LogP contribution is 2.32. The van der Waals surface area contributed by atoms with E-state index in [1.165, 1.54) is 5.56 Å². The first-order valence-electron chi connectivity index (χ1n) is 10.3. The zero-order chi connectivity index (χ0) is 21.4. The van der Waals surface area contributed by atoms with Gasteiger partial charge in [-0.25, -0.2) is 4.98 Å². The molecule has 4 heterocycles. The molecule has 1 saturated heterocycles. The van der Waals surface area contributed by atoms with E-state index in [1.54, 1.807) is 12.4 Å². The lowest BCUT2D eigenvalue weighted by Crippen LogP contribution is -2.39. The molecule has 0 radical (unpaired) electrons. The summed E-state index contributed by atoms with van der Waals surface area (Å²) in [6, 6.07) is 10.1. The van der Waals surface area contributed by atoms with Crippen molar-refractivity contribution in [2.24, 2.45) is 0 Å². The van der Waals surface area contributed by atoms with Gasteiger partial charge in [-0.05, 0) is 43.7 Å². The summed E-state index contributed by atoms with van der Waals surface area (Å²) in [5.41, 5.74) is 2.10. The fraction of sp³-hybridized carbons (Fsp3) is 0.435. The van der Waals surface area contributed by atoms with Crippen LogP contribution in [0.1, 0.15) is 45.9 Å². The third-order valence-corrected chi connectivity index (χ3v) is 5.47. The molecule has 1 N–H and O–H groups in total. The third-order valence-electron chi connectivity index (χ3n) is 5.47. The van der Waals surface area contributed by atoms with Crippen LogP contribution in [0.4, 0.5) is 17.3 Å². The van der Waals surface area contributed by atoms with Crippen LogP contribution in [0, 0.1) is 0 Å². The van der Waals surface area contributed by atoms with Crippen LogP contribution in [0.25, 0.3) is 0 Å². The van der Waals surface area contributed by atoms with Gasteiger partial charge in [0.1, 0.15) is 11.6 Å². The standard InChI is InChI=1S/C23H30N6O/c1-22(2,3)19-12-21(27-30-19)28-15-23(4,5)29(16-28)14-17-8-10-25-20(11-17)26-18-7-6-9-24-13-18/h6-13H,14-16H2,1-5H3,(H,25,26). The number of pyridine rings is 2. The molecule has 0 bridgehead atoms. The van der Waals surface area contributed by atoms with Gasteiger partial charge in [-0.1, -0.05) is 25.9 Å². The summed E-state index contributed by atoms with van der Waals surface area (Å²) in [5.74, 6) is 2.64. The van der Waals surface area contributed by atoms with Crippen molar-refractivity contribution in [1.29, 1.82) is 0 Å². The van der Waals surface area contributed by atoms with E-state index in [4.69, 9.17) is 4.52 Å². The van der Waals surface area contributed by atoms with Crippen LogP contribution in [0.15, 0.2) is 53.4 Å². The maximum Gasteiger partial charge on any atom is 0.173 e. The molecule has 0 saturated carbocycles. The second-order valence-corrected chi connectivity index (χ2v) is 9.57.